The lowest BCUT2D eigenvalue weighted by Gasteiger charge is -2.29. The Hall–Kier alpha value is -1.93. The van der Waals surface area contributed by atoms with Crippen molar-refractivity contribution >= 4 is 29.5 Å². The van der Waals surface area contributed by atoms with Gasteiger partial charge in [0.15, 0.2) is 0 Å². The number of hydrogen-bond donors (Lipinski definition) is 1. The van der Waals surface area contributed by atoms with Crippen LogP contribution in [0, 0.1) is 17.7 Å². The molecule has 2 heterocycles. The van der Waals surface area contributed by atoms with Crippen LogP contribution in [0.5, 0.6) is 0 Å². The molecule has 2 aliphatic rings. The van der Waals surface area contributed by atoms with Crippen LogP contribution in [0.2, 0.25) is 0 Å². The van der Waals surface area contributed by atoms with E-state index in [4.69, 9.17) is 4.74 Å². The van der Waals surface area contributed by atoms with Crippen LogP contribution in [0.4, 0.5) is 4.39 Å². The fourth-order valence-corrected chi connectivity index (χ4v) is 5.05. The highest BCUT2D eigenvalue weighted by Gasteiger charge is 2.71. The van der Waals surface area contributed by atoms with Crippen molar-refractivity contribution in [3.63, 3.8) is 0 Å². The summed E-state index contributed by atoms with van der Waals surface area (Å²) in [7, 11) is 1.29. The van der Waals surface area contributed by atoms with Gasteiger partial charge in [0.05, 0.1) is 7.11 Å². The third-order valence-corrected chi connectivity index (χ3v) is 6.31. The smallest absolute Gasteiger partial charge is 0.368 e. The van der Waals surface area contributed by atoms with Gasteiger partial charge in [-0.3, -0.25) is 14.5 Å². The number of quaternary nitrogens is 1. The zero-order chi connectivity index (χ0) is 19.8. The monoisotopic (exact) mass is 395 g/mol. The van der Waals surface area contributed by atoms with Gasteiger partial charge in [0.25, 0.3) is 0 Å². The average molecular weight is 395 g/mol. The van der Waals surface area contributed by atoms with Gasteiger partial charge in [-0.25, -0.2) is 9.18 Å². The molecule has 2 saturated heterocycles. The molecule has 0 saturated carbocycles. The van der Waals surface area contributed by atoms with Crippen molar-refractivity contribution in [1.82, 2.24) is 4.90 Å². The molecule has 0 aliphatic carbocycles. The molecule has 2 aliphatic heterocycles. The van der Waals surface area contributed by atoms with Gasteiger partial charge in [0.2, 0.25) is 17.4 Å². The Labute approximate surface area is 161 Å². The molecule has 3 rings (SSSR count). The van der Waals surface area contributed by atoms with Crippen molar-refractivity contribution in [2.75, 3.05) is 25.7 Å². The van der Waals surface area contributed by atoms with E-state index in [9.17, 15) is 18.8 Å². The van der Waals surface area contributed by atoms with E-state index < -0.39 is 35.2 Å². The molecule has 0 aromatic heterocycles. The summed E-state index contributed by atoms with van der Waals surface area (Å²) in [6, 6.07) is 5.49. The molecular formula is C19H24FN2O4S+. The summed E-state index contributed by atoms with van der Waals surface area (Å²) < 4.78 is 18.9. The van der Waals surface area contributed by atoms with Crippen molar-refractivity contribution in [3.8, 4) is 0 Å². The Bertz CT molecular complexity index is 774. The van der Waals surface area contributed by atoms with Gasteiger partial charge >= 0.3 is 5.97 Å². The molecular weight excluding hydrogens is 371 g/mol. The first-order chi connectivity index (χ1) is 12.9. The number of rotatable bonds is 6. The zero-order valence-electron chi connectivity index (χ0n) is 15.6. The highest BCUT2D eigenvalue weighted by Crippen LogP contribution is 2.46. The second kappa shape index (κ2) is 7.59. The van der Waals surface area contributed by atoms with E-state index in [1.807, 2.05) is 6.26 Å². The zero-order valence-corrected chi connectivity index (χ0v) is 16.4. The number of carbonyl (C=O) groups excluding carboxylic acids is 3. The van der Waals surface area contributed by atoms with Crippen LogP contribution in [0.15, 0.2) is 24.3 Å². The molecule has 2 N–H and O–H groups in total. The minimum absolute atomic E-state index is 0.250. The lowest BCUT2D eigenvalue weighted by molar-refractivity contribution is -0.734. The molecule has 27 heavy (non-hydrogen) atoms. The fraction of sp³-hybridized carbons (Fsp3) is 0.526. The molecule has 4 atom stereocenters. The number of halogens is 1. The first kappa shape index (κ1) is 19.8. The number of carbonyl (C=O) groups is 3. The number of ether oxygens (including phenoxy) is 1. The van der Waals surface area contributed by atoms with E-state index >= 15 is 0 Å². The average Bonchev–Trinajstić information content (AvgIpc) is 3.14. The SMILES string of the molecule is CCN1C(=O)[C@H]2[C@@H](c3cccc(F)c3)[NH2+][C@@](CCSC)(C(=O)OC)[C@@H]2C1=O. The Morgan fingerprint density at radius 3 is 2.70 bits per heavy atom. The molecule has 2 fully saturated rings. The number of nitrogens with two attached hydrogens (primary N) is 1. The molecule has 0 unspecified atom stereocenters. The van der Waals surface area contributed by atoms with Gasteiger partial charge in [-0.2, -0.15) is 11.8 Å². The lowest BCUT2D eigenvalue weighted by Crippen LogP contribution is -2.98. The van der Waals surface area contributed by atoms with Gasteiger partial charge in [-0.05, 0) is 31.1 Å². The van der Waals surface area contributed by atoms with Gasteiger partial charge < -0.3 is 10.1 Å². The molecule has 0 bridgehead atoms. The molecule has 1 aromatic carbocycles. The molecule has 1 aromatic rings. The summed E-state index contributed by atoms with van der Waals surface area (Å²) in [5.74, 6) is -2.44. The number of imide groups is 1. The molecule has 6 nitrogen and oxygen atoms in total. The quantitative estimate of drug-likeness (QED) is 0.567. The number of fused-ring (bicyclic) bond motifs is 1. The number of hydrogen-bond acceptors (Lipinski definition) is 5. The summed E-state index contributed by atoms with van der Waals surface area (Å²) in [5.41, 5.74) is -0.588. The fourth-order valence-electron chi connectivity index (χ4n) is 4.51. The molecule has 8 heteroatoms. The highest BCUT2D eigenvalue weighted by molar-refractivity contribution is 7.98. The number of esters is 1. The van der Waals surface area contributed by atoms with Gasteiger partial charge in [0, 0.05) is 18.5 Å². The third kappa shape index (κ3) is 3.04. The van der Waals surface area contributed by atoms with E-state index in [0.29, 0.717) is 17.7 Å². The van der Waals surface area contributed by atoms with Crippen LogP contribution in [-0.2, 0) is 19.1 Å². The van der Waals surface area contributed by atoms with Gasteiger partial charge in [-0.15, -0.1) is 0 Å². The van der Waals surface area contributed by atoms with Gasteiger partial charge in [-0.1, -0.05) is 12.1 Å². The van der Waals surface area contributed by atoms with E-state index in [-0.39, 0.29) is 18.4 Å². The Balaban J connectivity index is 2.14. The van der Waals surface area contributed by atoms with E-state index in [0.717, 1.165) is 0 Å². The molecule has 2 amide bonds. The number of nitrogens with zero attached hydrogens (tertiary/aromatic N) is 1. The van der Waals surface area contributed by atoms with Crippen molar-refractivity contribution in [2.45, 2.75) is 24.9 Å². The predicted octanol–water partition coefficient (Wildman–Crippen LogP) is 0.730. The van der Waals surface area contributed by atoms with E-state index in [1.54, 1.807) is 36.1 Å². The highest BCUT2D eigenvalue weighted by atomic mass is 32.2. The van der Waals surface area contributed by atoms with Crippen LogP contribution >= 0.6 is 11.8 Å². The summed E-state index contributed by atoms with van der Waals surface area (Å²) in [5, 5.41) is 1.77. The number of benzene rings is 1. The number of amides is 2. The van der Waals surface area contributed by atoms with Crippen LogP contribution in [0.1, 0.15) is 24.9 Å². The topological polar surface area (TPSA) is 80.3 Å². The van der Waals surface area contributed by atoms with Crippen LogP contribution in [0.3, 0.4) is 0 Å². The van der Waals surface area contributed by atoms with Crippen molar-refractivity contribution < 1.29 is 28.8 Å². The summed E-state index contributed by atoms with van der Waals surface area (Å²) in [4.78, 5) is 40.1. The number of likely N-dealkylation sites (tertiary alicyclic amines) is 1. The minimum atomic E-state index is -1.18. The molecule has 146 valence electrons. The summed E-state index contributed by atoms with van der Waals surface area (Å²) in [6.07, 6.45) is 2.31. The summed E-state index contributed by atoms with van der Waals surface area (Å²) >= 11 is 1.56. The third-order valence-electron chi connectivity index (χ3n) is 5.70. The second-order valence-electron chi connectivity index (χ2n) is 6.95. The Morgan fingerprint density at radius 2 is 2.11 bits per heavy atom. The molecule has 0 radical (unpaired) electrons. The summed E-state index contributed by atoms with van der Waals surface area (Å²) in [6.45, 7) is 1.99. The van der Waals surface area contributed by atoms with E-state index in [2.05, 4.69) is 0 Å². The maximum absolute atomic E-state index is 13.8. The first-order valence-corrected chi connectivity index (χ1v) is 10.3. The largest absolute Gasteiger partial charge is 0.464 e. The van der Waals surface area contributed by atoms with Crippen molar-refractivity contribution in [3.05, 3.63) is 35.6 Å². The predicted molar refractivity (Wildman–Crippen MR) is 98.2 cm³/mol. The van der Waals surface area contributed by atoms with E-state index in [1.165, 1.54) is 24.1 Å². The minimum Gasteiger partial charge on any atom is -0.464 e. The van der Waals surface area contributed by atoms with Gasteiger partial charge in [0.1, 0.15) is 23.7 Å². The van der Waals surface area contributed by atoms with Crippen LogP contribution in [0.25, 0.3) is 0 Å². The van der Waals surface area contributed by atoms with Crippen LogP contribution in [-0.4, -0.2) is 53.9 Å². The van der Waals surface area contributed by atoms with Crippen LogP contribution < -0.4 is 5.32 Å². The number of thioether (sulfide) groups is 1. The Morgan fingerprint density at radius 1 is 1.37 bits per heavy atom. The second-order valence-corrected chi connectivity index (χ2v) is 7.93. The maximum Gasteiger partial charge on any atom is 0.368 e. The van der Waals surface area contributed by atoms with Crippen molar-refractivity contribution in [2.24, 2.45) is 11.8 Å². The number of methoxy groups -OCH3 is 1. The lowest BCUT2D eigenvalue weighted by atomic mass is 9.78. The normalized spacial score (nSPS) is 29.9. The first-order valence-electron chi connectivity index (χ1n) is 8.95. The maximum atomic E-state index is 13.8. The van der Waals surface area contributed by atoms with Crippen molar-refractivity contribution in [1.29, 1.82) is 0 Å². The Kier molecular flexibility index (Phi) is 5.58. The molecule has 0 spiro atoms. The standard InChI is InChI=1S/C19H23FN2O4S/c1-4-22-16(23)13-14(17(22)24)19(8-9-27-3,18(25)26-2)21-15(13)11-6-5-7-12(20)10-11/h5-7,10,13-15,21H,4,8-9H2,1-3H3/p+1/t13-,14+,15-,19-/m1/s1.